The van der Waals surface area contributed by atoms with Crippen molar-refractivity contribution in [2.24, 2.45) is 11.8 Å². The maximum absolute atomic E-state index is 11.4. The molecule has 0 aromatic heterocycles. The molecular formula is C14H27NO3. The minimum absolute atomic E-state index is 0.145. The molecule has 0 amide bonds. The molecule has 1 rings (SSSR count). The molecule has 0 aliphatic heterocycles. The Bertz CT molecular complexity index is 270. The number of carboxylic acids is 1. The van der Waals surface area contributed by atoms with Gasteiger partial charge in [-0.1, -0.05) is 13.3 Å². The molecule has 4 heteroatoms. The molecule has 0 aromatic carbocycles. The highest BCUT2D eigenvalue weighted by Gasteiger charge is 2.37. The second-order valence-electron chi connectivity index (χ2n) is 5.57. The first-order valence-corrected chi connectivity index (χ1v) is 6.94. The number of nitrogens with zero attached hydrogens (tertiary/aromatic N) is 1. The van der Waals surface area contributed by atoms with Crippen molar-refractivity contribution in [3.8, 4) is 0 Å². The van der Waals surface area contributed by atoms with E-state index in [4.69, 9.17) is 4.74 Å². The SMILES string of the molecule is CCC1CCC(C(=O)O)C(N(C)C(C)COC)C1. The van der Waals surface area contributed by atoms with Gasteiger partial charge in [0.05, 0.1) is 12.5 Å². The van der Waals surface area contributed by atoms with Gasteiger partial charge in [-0.05, 0) is 39.2 Å². The highest BCUT2D eigenvalue weighted by Crippen LogP contribution is 2.34. The topological polar surface area (TPSA) is 49.8 Å². The van der Waals surface area contributed by atoms with E-state index < -0.39 is 5.97 Å². The Kier molecular flexibility index (Phi) is 6.09. The minimum atomic E-state index is -0.647. The largest absolute Gasteiger partial charge is 0.481 e. The maximum Gasteiger partial charge on any atom is 0.308 e. The molecular weight excluding hydrogens is 230 g/mol. The third kappa shape index (κ3) is 3.69. The lowest BCUT2D eigenvalue weighted by atomic mass is 9.76. The molecule has 0 spiro atoms. The van der Waals surface area contributed by atoms with Gasteiger partial charge in [0, 0.05) is 19.2 Å². The molecule has 0 heterocycles. The molecule has 1 N–H and O–H groups in total. The summed E-state index contributed by atoms with van der Waals surface area (Å²) in [6.45, 7) is 4.94. The summed E-state index contributed by atoms with van der Waals surface area (Å²) >= 11 is 0. The molecule has 0 bridgehead atoms. The van der Waals surface area contributed by atoms with Crippen LogP contribution < -0.4 is 0 Å². The summed E-state index contributed by atoms with van der Waals surface area (Å²) in [5.74, 6) is -0.203. The minimum Gasteiger partial charge on any atom is -0.481 e. The van der Waals surface area contributed by atoms with Gasteiger partial charge in [0.2, 0.25) is 0 Å². The summed E-state index contributed by atoms with van der Waals surface area (Å²) in [5.41, 5.74) is 0. The van der Waals surface area contributed by atoms with Crippen LogP contribution in [-0.2, 0) is 9.53 Å². The van der Waals surface area contributed by atoms with Crippen molar-refractivity contribution in [3.63, 3.8) is 0 Å². The third-order valence-corrected chi connectivity index (χ3v) is 4.45. The zero-order chi connectivity index (χ0) is 13.7. The molecule has 1 saturated carbocycles. The number of rotatable bonds is 6. The quantitative estimate of drug-likeness (QED) is 0.793. The molecule has 1 aliphatic rings. The molecule has 0 aromatic rings. The van der Waals surface area contributed by atoms with Gasteiger partial charge in [0.25, 0.3) is 0 Å². The van der Waals surface area contributed by atoms with Gasteiger partial charge in [0.1, 0.15) is 0 Å². The van der Waals surface area contributed by atoms with Crippen molar-refractivity contribution in [1.29, 1.82) is 0 Å². The Morgan fingerprint density at radius 1 is 1.50 bits per heavy atom. The molecule has 106 valence electrons. The molecule has 4 atom stereocenters. The number of carboxylic acid groups (broad SMARTS) is 1. The fraction of sp³-hybridized carbons (Fsp3) is 0.929. The molecule has 1 fully saturated rings. The number of carbonyl (C=O) groups is 1. The van der Waals surface area contributed by atoms with E-state index in [2.05, 4.69) is 18.7 Å². The number of likely N-dealkylation sites (N-methyl/N-ethyl adjacent to an activating group) is 1. The van der Waals surface area contributed by atoms with Gasteiger partial charge in [-0.25, -0.2) is 0 Å². The summed E-state index contributed by atoms with van der Waals surface area (Å²) in [6.07, 6.45) is 4.01. The maximum atomic E-state index is 11.4. The van der Waals surface area contributed by atoms with Gasteiger partial charge >= 0.3 is 5.97 Å². The summed E-state index contributed by atoms with van der Waals surface area (Å²) in [7, 11) is 3.72. The van der Waals surface area contributed by atoms with E-state index in [1.807, 2.05) is 7.05 Å². The Morgan fingerprint density at radius 3 is 2.67 bits per heavy atom. The van der Waals surface area contributed by atoms with Gasteiger partial charge in [-0.3, -0.25) is 9.69 Å². The highest BCUT2D eigenvalue weighted by atomic mass is 16.5. The van der Waals surface area contributed by atoms with Gasteiger partial charge in [-0.15, -0.1) is 0 Å². The predicted octanol–water partition coefficient (Wildman–Crippen LogP) is 2.23. The van der Waals surface area contributed by atoms with E-state index in [-0.39, 0.29) is 18.0 Å². The van der Waals surface area contributed by atoms with Gasteiger partial charge in [0.15, 0.2) is 0 Å². The first-order valence-electron chi connectivity index (χ1n) is 6.94. The van der Waals surface area contributed by atoms with Crippen LogP contribution in [0.1, 0.15) is 39.5 Å². The van der Waals surface area contributed by atoms with Crippen molar-refractivity contribution in [1.82, 2.24) is 4.90 Å². The fourth-order valence-corrected chi connectivity index (χ4v) is 3.03. The molecule has 4 nitrogen and oxygen atoms in total. The van der Waals surface area contributed by atoms with E-state index in [1.54, 1.807) is 7.11 Å². The number of aliphatic carboxylic acids is 1. The summed E-state index contributed by atoms with van der Waals surface area (Å²) < 4.78 is 5.18. The lowest BCUT2D eigenvalue weighted by Crippen LogP contribution is -2.49. The zero-order valence-corrected chi connectivity index (χ0v) is 12.1. The monoisotopic (exact) mass is 257 g/mol. The molecule has 1 aliphatic carbocycles. The highest BCUT2D eigenvalue weighted by molar-refractivity contribution is 5.71. The van der Waals surface area contributed by atoms with Gasteiger partial charge < -0.3 is 9.84 Å². The van der Waals surface area contributed by atoms with E-state index in [0.29, 0.717) is 12.5 Å². The van der Waals surface area contributed by atoms with Crippen LogP contribution in [0.3, 0.4) is 0 Å². The van der Waals surface area contributed by atoms with Crippen LogP contribution in [0.25, 0.3) is 0 Å². The second kappa shape index (κ2) is 7.10. The fourth-order valence-electron chi connectivity index (χ4n) is 3.03. The number of methoxy groups -OCH3 is 1. The Hall–Kier alpha value is -0.610. The van der Waals surface area contributed by atoms with Crippen LogP contribution in [-0.4, -0.2) is 48.8 Å². The zero-order valence-electron chi connectivity index (χ0n) is 12.1. The van der Waals surface area contributed by atoms with Crippen molar-refractivity contribution >= 4 is 5.97 Å². The van der Waals surface area contributed by atoms with Crippen LogP contribution >= 0.6 is 0 Å². The smallest absolute Gasteiger partial charge is 0.308 e. The Morgan fingerprint density at radius 2 is 2.17 bits per heavy atom. The molecule has 4 unspecified atom stereocenters. The van der Waals surface area contributed by atoms with Crippen LogP contribution in [0.2, 0.25) is 0 Å². The molecule has 18 heavy (non-hydrogen) atoms. The first-order chi connectivity index (χ1) is 8.51. The van der Waals surface area contributed by atoms with E-state index in [9.17, 15) is 9.90 Å². The van der Waals surface area contributed by atoms with E-state index in [0.717, 1.165) is 25.7 Å². The lowest BCUT2D eigenvalue weighted by molar-refractivity contribution is -0.146. The Balaban J connectivity index is 2.73. The molecule has 0 saturated heterocycles. The van der Waals surface area contributed by atoms with Crippen molar-refractivity contribution < 1.29 is 14.6 Å². The second-order valence-corrected chi connectivity index (χ2v) is 5.57. The van der Waals surface area contributed by atoms with Crippen molar-refractivity contribution in [2.45, 2.75) is 51.6 Å². The van der Waals surface area contributed by atoms with Crippen LogP contribution in [0, 0.1) is 11.8 Å². The van der Waals surface area contributed by atoms with Crippen LogP contribution in [0.5, 0.6) is 0 Å². The molecule has 0 radical (unpaired) electrons. The first kappa shape index (κ1) is 15.4. The van der Waals surface area contributed by atoms with E-state index in [1.165, 1.54) is 0 Å². The normalized spacial score (nSPS) is 30.4. The Labute approximate surface area is 110 Å². The number of hydrogen-bond acceptors (Lipinski definition) is 3. The average Bonchev–Trinajstić information content (AvgIpc) is 2.37. The third-order valence-electron chi connectivity index (χ3n) is 4.45. The van der Waals surface area contributed by atoms with Gasteiger partial charge in [-0.2, -0.15) is 0 Å². The summed E-state index contributed by atoms with van der Waals surface area (Å²) in [5, 5.41) is 9.37. The van der Waals surface area contributed by atoms with Crippen LogP contribution in [0.15, 0.2) is 0 Å². The van der Waals surface area contributed by atoms with E-state index >= 15 is 0 Å². The van der Waals surface area contributed by atoms with Crippen LogP contribution in [0.4, 0.5) is 0 Å². The summed E-state index contributed by atoms with van der Waals surface area (Å²) in [4.78, 5) is 13.6. The van der Waals surface area contributed by atoms with Crippen molar-refractivity contribution in [2.75, 3.05) is 20.8 Å². The van der Waals surface area contributed by atoms with Crippen molar-refractivity contribution in [3.05, 3.63) is 0 Å². The standard InChI is InChI=1S/C14H27NO3/c1-5-11-6-7-12(14(16)17)13(8-11)15(3)10(2)9-18-4/h10-13H,5-9H2,1-4H3,(H,16,17). The lowest BCUT2D eigenvalue weighted by Gasteiger charge is -2.41. The average molecular weight is 257 g/mol. The summed E-state index contributed by atoms with van der Waals surface area (Å²) in [6, 6.07) is 0.406. The predicted molar refractivity (Wildman–Crippen MR) is 71.6 cm³/mol. The number of hydrogen-bond donors (Lipinski definition) is 1. The number of ether oxygens (including phenoxy) is 1.